The van der Waals surface area contributed by atoms with E-state index >= 15 is 0 Å². The Morgan fingerprint density at radius 1 is 0.625 bits per heavy atom. The number of aliphatic carboxylic acids is 1. The molecule has 0 radical (unpaired) electrons. The number of carbonyl (C=O) groups excluding carboxylic acids is 6. The van der Waals surface area contributed by atoms with Crippen LogP contribution in [-0.4, -0.2) is 73.2 Å². The number of carboxylic acids is 1. The van der Waals surface area contributed by atoms with Crippen LogP contribution in [0.1, 0.15) is 44.9 Å². The summed E-state index contributed by atoms with van der Waals surface area (Å²) in [6.07, 6.45) is -4.90. The number of rotatable bonds is 12. The summed E-state index contributed by atoms with van der Waals surface area (Å²) < 4.78 is 30.5. The molecule has 2 atom stereocenters. The molecule has 0 heterocycles. The number of amides is 2. The topological polar surface area (TPSA) is 219 Å². The van der Waals surface area contributed by atoms with Gasteiger partial charge in [-0.2, -0.15) is 0 Å². The van der Waals surface area contributed by atoms with Crippen molar-refractivity contribution >= 4 is 53.3 Å². The highest BCUT2D eigenvalue weighted by Crippen LogP contribution is 2.30. The van der Waals surface area contributed by atoms with Crippen LogP contribution in [-0.2, 0) is 28.7 Å². The molecule has 3 aromatic carbocycles. The molecule has 0 saturated heterocycles. The first kappa shape index (κ1) is 36.3. The van der Waals surface area contributed by atoms with Gasteiger partial charge in [0, 0.05) is 24.4 Å². The van der Waals surface area contributed by atoms with Crippen molar-refractivity contribution in [2.45, 2.75) is 26.1 Å². The molecule has 0 aliphatic rings. The number of benzene rings is 3. The van der Waals surface area contributed by atoms with E-state index in [1.54, 1.807) is 0 Å². The van der Waals surface area contributed by atoms with Crippen LogP contribution in [0.15, 0.2) is 60.7 Å². The van der Waals surface area contributed by atoms with Gasteiger partial charge in [0.15, 0.2) is 23.0 Å². The van der Waals surface area contributed by atoms with Gasteiger partial charge in [0.05, 0.1) is 25.3 Å². The highest BCUT2D eigenvalue weighted by molar-refractivity contribution is 6.30. The lowest BCUT2D eigenvalue weighted by molar-refractivity contribution is -0.159. The van der Waals surface area contributed by atoms with Gasteiger partial charge in [0.1, 0.15) is 0 Å². The van der Waals surface area contributed by atoms with E-state index in [1.165, 1.54) is 50.6 Å². The fourth-order valence-electron chi connectivity index (χ4n) is 3.79. The molecule has 0 saturated carbocycles. The molecule has 3 N–H and O–H groups in total. The van der Waals surface area contributed by atoms with E-state index in [1.807, 2.05) is 10.9 Å². The van der Waals surface area contributed by atoms with Crippen molar-refractivity contribution in [1.82, 2.24) is 10.9 Å². The summed E-state index contributed by atoms with van der Waals surface area (Å²) in [5.74, 6) is -8.52. The van der Waals surface area contributed by atoms with Crippen LogP contribution in [0.25, 0.3) is 0 Å². The molecule has 17 heteroatoms. The molecule has 3 aromatic rings. The summed E-state index contributed by atoms with van der Waals surface area (Å²) in [7, 11) is 2.42. The van der Waals surface area contributed by atoms with Crippen LogP contribution < -0.4 is 29.8 Å². The minimum atomic E-state index is -2.49. The van der Waals surface area contributed by atoms with E-state index in [4.69, 9.17) is 40.0 Å². The van der Waals surface area contributed by atoms with Gasteiger partial charge in [-0.25, -0.2) is 14.4 Å². The second-order valence-electron chi connectivity index (χ2n) is 9.36. The van der Waals surface area contributed by atoms with Crippen LogP contribution in [0.4, 0.5) is 0 Å². The first-order valence-corrected chi connectivity index (χ1v) is 13.8. The smallest absolute Gasteiger partial charge is 0.349 e. The Kier molecular flexibility index (Phi) is 12.4. The average Bonchev–Trinajstić information content (AvgIpc) is 3.04. The van der Waals surface area contributed by atoms with E-state index in [2.05, 4.69) is 0 Å². The number of carbonyl (C=O) groups is 7. The van der Waals surface area contributed by atoms with E-state index in [-0.39, 0.29) is 39.7 Å². The summed E-state index contributed by atoms with van der Waals surface area (Å²) in [4.78, 5) is 87.2. The molecule has 252 valence electrons. The molecule has 3 rings (SSSR count). The Morgan fingerprint density at radius 2 is 1.06 bits per heavy atom. The quantitative estimate of drug-likeness (QED) is 0.142. The Balaban J connectivity index is 1.94. The van der Waals surface area contributed by atoms with Crippen molar-refractivity contribution in [3.05, 3.63) is 82.4 Å². The zero-order valence-electron chi connectivity index (χ0n) is 25.6. The van der Waals surface area contributed by atoms with Gasteiger partial charge in [-0.3, -0.25) is 30.0 Å². The standard InChI is InChI=1S/C31H27ClN2O14/c1-15(35)45-21-11-7-18(13-23(21)43-3)30(41)47-25(28(38)34-33-27(37)17-5-9-20(32)10-6-17)26(29(39)40)48-31(42)19-8-12-22(46-16(2)36)24(14-19)44-4/h5-14,25-26H,1-4H3,(H,33,37)(H,34,38)(H,39,40)/t25-,26-/m1/s1. The number of hydrazine groups is 1. The van der Waals surface area contributed by atoms with Crippen molar-refractivity contribution < 1.29 is 67.1 Å². The van der Waals surface area contributed by atoms with Crippen molar-refractivity contribution in [1.29, 1.82) is 0 Å². The van der Waals surface area contributed by atoms with Crippen molar-refractivity contribution in [2.75, 3.05) is 14.2 Å². The van der Waals surface area contributed by atoms with Crippen LogP contribution >= 0.6 is 11.6 Å². The van der Waals surface area contributed by atoms with Crippen LogP contribution in [0.3, 0.4) is 0 Å². The number of esters is 4. The number of hydrogen-bond donors (Lipinski definition) is 3. The largest absolute Gasteiger partial charge is 0.493 e. The fraction of sp³-hybridized carbons (Fsp3) is 0.194. The van der Waals surface area contributed by atoms with E-state index in [9.17, 15) is 38.7 Å². The summed E-state index contributed by atoms with van der Waals surface area (Å²) in [5, 5.41) is 10.3. The first-order valence-electron chi connectivity index (χ1n) is 13.5. The van der Waals surface area contributed by atoms with Gasteiger partial charge in [-0.1, -0.05) is 11.6 Å². The maximum Gasteiger partial charge on any atom is 0.349 e. The zero-order chi connectivity index (χ0) is 35.5. The molecule has 2 amide bonds. The average molecular weight is 687 g/mol. The van der Waals surface area contributed by atoms with Gasteiger partial charge in [0.25, 0.3) is 11.8 Å². The number of carboxylic acid groups (broad SMARTS) is 1. The second-order valence-corrected chi connectivity index (χ2v) is 9.80. The van der Waals surface area contributed by atoms with Crippen molar-refractivity contribution in [3.63, 3.8) is 0 Å². The van der Waals surface area contributed by atoms with Crippen LogP contribution in [0, 0.1) is 0 Å². The maximum absolute atomic E-state index is 13.3. The molecule has 0 aromatic heterocycles. The van der Waals surface area contributed by atoms with Crippen LogP contribution in [0.5, 0.6) is 23.0 Å². The van der Waals surface area contributed by atoms with Gasteiger partial charge in [0.2, 0.25) is 12.2 Å². The molecule has 0 aliphatic heterocycles. The SMILES string of the molecule is COc1cc(C(=O)O[C@@H](C(=O)O)[C@@H](OC(=O)c2ccc(OC(C)=O)c(OC)c2)C(=O)NNC(=O)c2ccc(Cl)cc2)ccc1OC(C)=O. The van der Waals surface area contributed by atoms with Gasteiger partial charge < -0.3 is 33.5 Å². The summed E-state index contributed by atoms with van der Waals surface area (Å²) in [5.41, 5.74) is 3.42. The monoisotopic (exact) mass is 686 g/mol. The lowest BCUT2D eigenvalue weighted by Crippen LogP contribution is -2.54. The van der Waals surface area contributed by atoms with E-state index in [0.717, 1.165) is 38.1 Å². The normalized spacial score (nSPS) is 11.5. The number of hydrogen-bond acceptors (Lipinski definition) is 13. The third kappa shape index (κ3) is 9.67. The lowest BCUT2D eigenvalue weighted by Gasteiger charge is -2.24. The summed E-state index contributed by atoms with van der Waals surface area (Å²) in [6, 6.07) is 12.2. The number of ether oxygens (including phenoxy) is 6. The summed E-state index contributed by atoms with van der Waals surface area (Å²) in [6.45, 7) is 2.27. The molecular weight excluding hydrogens is 660 g/mol. The van der Waals surface area contributed by atoms with E-state index in [0.29, 0.717) is 5.02 Å². The molecule has 0 unspecified atom stereocenters. The highest BCUT2D eigenvalue weighted by atomic mass is 35.5. The molecule has 0 spiro atoms. The Hall–Kier alpha value is -6.16. The number of halogens is 1. The molecule has 0 aliphatic carbocycles. The predicted octanol–water partition coefficient (Wildman–Crippen LogP) is 2.50. The third-order valence-electron chi connectivity index (χ3n) is 5.96. The van der Waals surface area contributed by atoms with Gasteiger partial charge >= 0.3 is 29.8 Å². The number of methoxy groups -OCH3 is 2. The van der Waals surface area contributed by atoms with Crippen molar-refractivity contribution in [3.8, 4) is 23.0 Å². The van der Waals surface area contributed by atoms with Gasteiger partial charge in [-0.15, -0.1) is 0 Å². The summed E-state index contributed by atoms with van der Waals surface area (Å²) >= 11 is 5.83. The zero-order valence-corrected chi connectivity index (χ0v) is 26.3. The molecular formula is C31H27ClN2O14. The number of nitrogens with one attached hydrogen (secondary N) is 2. The third-order valence-corrected chi connectivity index (χ3v) is 6.21. The molecule has 16 nitrogen and oxygen atoms in total. The van der Waals surface area contributed by atoms with Gasteiger partial charge in [-0.05, 0) is 60.7 Å². The Labute approximate surface area is 276 Å². The van der Waals surface area contributed by atoms with Crippen LogP contribution in [0.2, 0.25) is 5.02 Å². The predicted molar refractivity (Wildman–Crippen MR) is 162 cm³/mol. The van der Waals surface area contributed by atoms with E-state index < -0.39 is 53.9 Å². The highest BCUT2D eigenvalue weighted by Gasteiger charge is 2.41. The minimum Gasteiger partial charge on any atom is -0.493 e. The Morgan fingerprint density at radius 3 is 1.48 bits per heavy atom. The molecule has 0 bridgehead atoms. The second kappa shape index (κ2) is 16.4. The fourth-order valence-corrected chi connectivity index (χ4v) is 3.92. The Bertz CT molecular complexity index is 1740. The maximum atomic E-state index is 13.3. The first-order chi connectivity index (χ1) is 22.7. The van der Waals surface area contributed by atoms with Crippen molar-refractivity contribution in [2.24, 2.45) is 0 Å². The lowest BCUT2D eigenvalue weighted by atomic mass is 10.1. The molecule has 48 heavy (non-hydrogen) atoms. The molecule has 0 fully saturated rings. The minimum absolute atomic E-state index is 0.0422.